The van der Waals surface area contributed by atoms with Crippen LogP contribution in [0.4, 0.5) is 0 Å². The van der Waals surface area contributed by atoms with Crippen LogP contribution in [0.15, 0.2) is 18.2 Å². The van der Waals surface area contributed by atoms with Gasteiger partial charge in [-0.25, -0.2) is 0 Å². The summed E-state index contributed by atoms with van der Waals surface area (Å²) in [6, 6.07) is 4.81. The highest BCUT2D eigenvalue weighted by Gasteiger charge is 2.16. The second-order valence-corrected chi connectivity index (χ2v) is 5.24. The van der Waals surface area contributed by atoms with Crippen molar-refractivity contribution in [2.45, 2.75) is 44.6 Å². The minimum absolute atomic E-state index is 0.00248. The highest BCUT2D eigenvalue weighted by atomic mass is 35.5. The second-order valence-electron chi connectivity index (χ2n) is 4.83. The molecule has 0 aromatic heterocycles. The van der Waals surface area contributed by atoms with Crippen LogP contribution in [0.25, 0.3) is 0 Å². The molecule has 1 saturated carbocycles. The number of hydrogen-bond acceptors (Lipinski definition) is 2. The van der Waals surface area contributed by atoms with E-state index in [-0.39, 0.29) is 22.7 Å². The zero-order valence-corrected chi connectivity index (χ0v) is 11.0. The van der Waals surface area contributed by atoms with Crippen molar-refractivity contribution in [3.8, 4) is 5.75 Å². The first-order valence-electron chi connectivity index (χ1n) is 6.46. The molecule has 3 nitrogen and oxygen atoms in total. The molecule has 2 rings (SSSR count). The first kappa shape index (κ1) is 13.2. The molecule has 1 aromatic rings. The number of halogens is 1. The highest BCUT2D eigenvalue weighted by Crippen LogP contribution is 2.24. The Morgan fingerprint density at radius 1 is 1.22 bits per heavy atom. The largest absolute Gasteiger partial charge is 0.506 e. The van der Waals surface area contributed by atoms with Gasteiger partial charge in [-0.2, -0.15) is 0 Å². The Balaban J connectivity index is 1.99. The summed E-state index contributed by atoms with van der Waals surface area (Å²) in [5.41, 5.74) is 0.502. The molecule has 0 aliphatic heterocycles. The summed E-state index contributed by atoms with van der Waals surface area (Å²) in [5, 5.41) is 12.6. The molecule has 0 unspecified atom stereocenters. The lowest BCUT2D eigenvalue weighted by Gasteiger charge is -2.16. The van der Waals surface area contributed by atoms with Gasteiger partial charge in [-0.1, -0.05) is 37.3 Å². The fourth-order valence-electron chi connectivity index (χ4n) is 2.34. The SMILES string of the molecule is O=C(NC1CCCCCC1)c1ccc(O)c(Cl)c1. The number of carbonyl (C=O) groups excluding carboxylic acids is 1. The van der Waals surface area contributed by atoms with Gasteiger partial charge in [0.15, 0.2) is 0 Å². The summed E-state index contributed by atoms with van der Waals surface area (Å²) in [7, 11) is 0. The van der Waals surface area contributed by atoms with Gasteiger partial charge in [-0.3, -0.25) is 4.79 Å². The Morgan fingerprint density at radius 2 is 1.89 bits per heavy atom. The van der Waals surface area contributed by atoms with Crippen LogP contribution in [-0.2, 0) is 0 Å². The maximum Gasteiger partial charge on any atom is 0.251 e. The molecule has 0 bridgehead atoms. The van der Waals surface area contributed by atoms with Crippen LogP contribution in [0, 0.1) is 0 Å². The Kier molecular flexibility index (Phi) is 4.48. The topological polar surface area (TPSA) is 49.3 Å². The van der Waals surface area contributed by atoms with Gasteiger partial charge in [0.2, 0.25) is 0 Å². The molecular formula is C14H18ClNO2. The monoisotopic (exact) mass is 267 g/mol. The van der Waals surface area contributed by atoms with Gasteiger partial charge in [0.1, 0.15) is 5.75 Å². The predicted molar refractivity (Wildman–Crippen MR) is 72.1 cm³/mol. The minimum Gasteiger partial charge on any atom is -0.506 e. The third-order valence-corrected chi connectivity index (χ3v) is 3.70. The van der Waals surface area contributed by atoms with E-state index < -0.39 is 0 Å². The zero-order chi connectivity index (χ0) is 13.0. The molecule has 4 heteroatoms. The molecule has 1 aliphatic rings. The average Bonchev–Trinajstić information content (AvgIpc) is 2.61. The molecule has 0 atom stereocenters. The van der Waals surface area contributed by atoms with Crippen LogP contribution in [-0.4, -0.2) is 17.1 Å². The Morgan fingerprint density at radius 3 is 2.50 bits per heavy atom. The fourth-order valence-corrected chi connectivity index (χ4v) is 2.52. The molecule has 98 valence electrons. The molecule has 2 N–H and O–H groups in total. The summed E-state index contributed by atoms with van der Waals surface area (Å²) in [6.45, 7) is 0. The van der Waals surface area contributed by atoms with Crippen LogP contribution in [0.2, 0.25) is 5.02 Å². The average molecular weight is 268 g/mol. The Labute approximate surface area is 112 Å². The first-order valence-corrected chi connectivity index (χ1v) is 6.84. The van der Waals surface area contributed by atoms with Gasteiger partial charge < -0.3 is 10.4 Å². The summed E-state index contributed by atoms with van der Waals surface area (Å²) < 4.78 is 0. The van der Waals surface area contributed by atoms with Crippen molar-refractivity contribution in [1.82, 2.24) is 5.32 Å². The number of carbonyl (C=O) groups is 1. The number of rotatable bonds is 2. The lowest BCUT2D eigenvalue weighted by Crippen LogP contribution is -2.34. The third kappa shape index (κ3) is 3.39. The number of aromatic hydroxyl groups is 1. The van der Waals surface area contributed by atoms with Crippen molar-refractivity contribution < 1.29 is 9.90 Å². The van der Waals surface area contributed by atoms with E-state index in [2.05, 4.69) is 5.32 Å². The standard InChI is InChI=1S/C14H18ClNO2/c15-12-9-10(7-8-13(12)17)14(18)16-11-5-3-1-2-4-6-11/h7-9,11,17H,1-6H2,(H,16,18). The summed E-state index contributed by atoms with van der Waals surface area (Å²) >= 11 is 5.80. The number of phenols is 1. The fraction of sp³-hybridized carbons (Fsp3) is 0.500. The van der Waals surface area contributed by atoms with Gasteiger partial charge in [-0.15, -0.1) is 0 Å². The van der Waals surface area contributed by atoms with E-state index in [1.165, 1.54) is 37.8 Å². The summed E-state index contributed by atoms with van der Waals surface area (Å²) in [6.07, 6.45) is 6.99. The maximum absolute atomic E-state index is 12.0. The maximum atomic E-state index is 12.0. The van der Waals surface area contributed by atoms with Crippen LogP contribution in [0.1, 0.15) is 48.9 Å². The zero-order valence-electron chi connectivity index (χ0n) is 10.3. The number of hydrogen-bond donors (Lipinski definition) is 2. The van der Waals surface area contributed by atoms with Crippen molar-refractivity contribution in [3.05, 3.63) is 28.8 Å². The van der Waals surface area contributed by atoms with E-state index in [9.17, 15) is 9.90 Å². The van der Waals surface area contributed by atoms with Crippen LogP contribution >= 0.6 is 11.6 Å². The summed E-state index contributed by atoms with van der Waals surface area (Å²) in [4.78, 5) is 12.0. The minimum atomic E-state index is -0.108. The van der Waals surface area contributed by atoms with E-state index in [0.29, 0.717) is 5.56 Å². The van der Waals surface area contributed by atoms with E-state index >= 15 is 0 Å². The molecule has 0 saturated heterocycles. The van der Waals surface area contributed by atoms with Crippen molar-refractivity contribution in [2.75, 3.05) is 0 Å². The third-order valence-electron chi connectivity index (χ3n) is 3.40. The number of benzene rings is 1. The Hall–Kier alpha value is -1.22. The van der Waals surface area contributed by atoms with Crippen molar-refractivity contribution in [2.24, 2.45) is 0 Å². The molecule has 1 aromatic carbocycles. The van der Waals surface area contributed by atoms with Gasteiger partial charge in [0.25, 0.3) is 5.91 Å². The van der Waals surface area contributed by atoms with Crippen molar-refractivity contribution >= 4 is 17.5 Å². The second kappa shape index (κ2) is 6.10. The molecule has 18 heavy (non-hydrogen) atoms. The first-order chi connectivity index (χ1) is 8.66. The van der Waals surface area contributed by atoms with Gasteiger partial charge in [0, 0.05) is 11.6 Å². The molecule has 1 aliphatic carbocycles. The predicted octanol–water partition coefficient (Wildman–Crippen LogP) is 3.50. The number of phenolic OH excluding ortho intramolecular Hbond substituents is 1. The van der Waals surface area contributed by atoms with Gasteiger partial charge in [0.05, 0.1) is 5.02 Å². The van der Waals surface area contributed by atoms with Crippen molar-refractivity contribution in [1.29, 1.82) is 0 Å². The quantitative estimate of drug-likeness (QED) is 0.806. The molecule has 1 fully saturated rings. The van der Waals surface area contributed by atoms with Crippen LogP contribution in [0.3, 0.4) is 0 Å². The lowest BCUT2D eigenvalue weighted by atomic mass is 10.1. The van der Waals surface area contributed by atoms with E-state index in [1.807, 2.05) is 0 Å². The smallest absolute Gasteiger partial charge is 0.251 e. The molecular weight excluding hydrogens is 250 g/mol. The van der Waals surface area contributed by atoms with E-state index in [0.717, 1.165) is 12.8 Å². The van der Waals surface area contributed by atoms with Gasteiger partial charge >= 0.3 is 0 Å². The Bertz CT molecular complexity index is 426. The molecule has 0 spiro atoms. The normalized spacial score (nSPS) is 17.2. The van der Waals surface area contributed by atoms with Crippen LogP contribution in [0.5, 0.6) is 5.75 Å². The van der Waals surface area contributed by atoms with Crippen LogP contribution < -0.4 is 5.32 Å². The number of nitrogens with one attached hydrogen (secondary N) is 1. The van der Waals surface area contributed by atoms with Crippen molar-refractivity contribution in [3.63, 3.8) is 0 Å². The van der Waals surface area contributed by atoms with Gasteiger partial charge in [-0.05, 0) is 31.0 Å². The summed E-state index contributed by atoms with van der Waals surface area (Å²) in [5.74, 6) is -0.105. The number of amides is 1. The molecule has 0 radical (unpaired) electrons. The van der Waals surface area contributed by atoms with E-state index in [1.54, 1.807) is 6.07 Å². The molecule has 0 heterocycles. The lowest BCUT2D eigenvalue weighted by molar-refractivity contribution is 0.0933. The van der Waals surface area contributed by atoms with E-state index in [4.69, 9.17) is 11.6 Å². The molecule has 1 amide bonds. The highest BCUT2D eigenvalue weighted by molar-refractivity contribution is 6.32.